The number of nitriles is 1. The molecule has 1 aromatic rings. The third-order valence-electron chi connectivity index (χ3n) is 2.48. The Labute approximate surface area is 108 Å². The number of aryl methyl sites for hydroxylation is 1. The standard InChI is InChI=1S/C14H19N3O/c1-3-7-16-14(18)9-13(10-15)17-12-6-4-5-11(2)8-12/h4-6,8,13,17H,3,7,9H2,1-2H3,(H,16,18). The molecule has 0 aromatic heterocycles. The van der Waals surface area contributed by atoms with Crippen LogP contribution in [0, 0.1) is 18.3 Å². The number of nitrogens with zero attached hydrogens (tertiary/aromatic N) is 1. The Hall–Kier alpha value is -2.02. The quantitative estimate of drug-likeness (QED) is 0.807. The molecule has 0 fully saturated rings. The van der Waals surface area contributed by atoms with Crippen LogP contribution in [0.4, 0.5) is 5.69 Å². The monoisotopic (exact) mass is 245 g/mol. The van der Waals surface area contributed by atoms with Gasteiger partial charge in [-0.25, -0.2) is 0 Å². The minimum Gasteiger partial charge on any atom is -0.369 e. The highest BCUT2D eigenvalue weighted by Gasteiger charge is 2.12. The zero-order chi connectivity index (χ0) is 13.4. The summed E-state index contributed by atoms with van der Waals surface area (Å²) in [5.41, 5.74) is 1.98. The van der Waals surface area contributed by atoms with Crippen LogP contribution >= 0.6 is 0 Å². The minimum atomic E-state index is -0.497. The van der Waals surface area contributed by atoms with Gasteiger partial charge in [0.05, 0.1) is 12.5 Å². The van der Waals surface area contributed by atoms with Crippen molar-refractivity contribution in [3.05, 3.63) is 29.8 Å². The number of amides is 1. The first-order valence-corrected chi connectivity index (χ1v) is 6.15. The second kappa shape index (κ2) is 7.33. The molecule has 0 aliphatic carbocycles. The summed E-state index contributed by atoms with van der Waals surface area (Å²) in [7, 11) is 0. The van der Waals surface area contributed by atoms with Crippen molar-refractivity contribution in [1.29, 1.82) is 5.26 Å². The third-order valence-corrected chi connectivity index (χ3v) is 2.48. The van der Waals surface area contributed by atoms with Gasteiger partial charge in [-0.05, 0) is 31.0 Å². The largest absolute Gasteiger partial charge is 0.369 e. The number of carbonyl (C=O) groups is 1. The summed E-state index contributed by atoms with van der Waals surface area (Å²) in [6, 6.07) is 9.36. The molecule has 0 aliphatic rings. The highest BCUT2D eigenvalue weighted by molar-refractivity contribution is 5.77. The second-order valence-electron chi connectivity index (χ2n) is 4.25. The van der Waals surface area contributed by atoms with E-state index in [-0.39, 0.29) is 12.3 Å². The van der Waals surface area contributed by atoms with Crippen LogP contribution in [0.2, 0.25) is 0 Å². The summed E-state index contributed by atoms with van der Waals surface area (Å²) in [5.74, 6) is -0.0939. The maximum absolute atomic E-state index is 11.5. The van der Waals surface area contributed by atoms with E-state index in [0.29, 0.717) is 6.54 Å². The van der Waals surface area contributed by atoms with Crippen LogP contribution in [-0.4, -0.2) is 18.5 Å². The average Bonchev–Trinajstić information content (AvgIpc) is 2.35. The van der Waals surface area contributed by atoms with Crippen molar-refractivity contribution in [3.8, 4) is 6.07 Å². The van der Waals surface area contributed by atoms with Gasteiger partial charge in [0, 0.05) is 12.2 Å². The Kier molecular flexibility index (Phi) is 5.72. The third kappa shape index (κ3) is 4.88. The number of nitrogens with one attached hydrogen (secondary N) is 2. The van der Waals surface area contributed by atoms with Gasteiger partial charge in [0.15, 0.2) is 0 Å². The van der Waals surface area contributed by atoms with E-state index in [9.17, 15) is 4.79 Å². The fourth-order valence-electron chi connectivity index (χ4n) is 1.59. The van der Waals surface area contributed by atoms with Gasteiger partial charge in [0.2, 0.25) is 5.91 Å². The molecule has 0 saturated heterocycles. The van der Waals surface area contributed by atoms with Gasteiger partial charge in [-0.2, -0.15) is 5.26 Å². The van der Waals surface area contributed by atoms with Gasteiger partial charge < -0.3 is 10.6 Å². The molecule has 1 amide bonds. The molecule has 1 atom stereocenters. The van der Waals surface area contributed by atoms with E-state index in [0.717, 1.165) is 17.7 Å². The van der Waals surface area contributed by atoms with Crippen molar-refractivity contribution in [3.63, 3.8) is 0 Å². The topological polar surface area (TPSA) is 64.9 Å². The maximum atomic E-state index is 11.5. The molecule has 0 bridgehead atoms. The van der Waals surface area contributed by atoms with Crippen LogP contribution in [-0.2, 0) is 4.79 Å². The smallest absolute Gasteiger partial charge is 0.223 e. The Balaban J connectivity index is 2.52. The van der Waals surface area contributed by atoms with Gasteiger partial charge in [-0.1, -0.05) is 19.1 Å². The van der Waals surface area contributed by atoms with Crippen molar-refractivity contribution < 1.29 is 4.79 Å². The van der Waals surface area contributed by atoms with Crippen LogP contribution in [0.25, 0.3) is 0 Å². The van der Waals surface area contributed by atoms with Crippen molar-refractivity contribution in [2.24, 2.45) is 0 Å². The molecule has 0 radical (unpaired) electrons. The van der Waals surface area contributed by atoms with Gasteiger partial charge in [-0.3, -0.25) is 4.79 Å². The van der Waals surface area contributed by atoms with Crippen molar-refractivity contribution in [2.75, 3.05) is 11.9 Å². The molecule has 4 nitrogen and oxygen atoms in total. The Morgan fingerprint density at radius 2 is 2.28 bits per heavy atom. The van der Waals surface area contributed by atoms with Gasteiger partial charge in [0.25, 0.3) is 0 Å². The summed E-state index contributed by atoms with van der Waals surface area (Å²) >= 11 is 0. The molecule has 1 rings (SSSR count). The van der Waals surface area contributed by atoms with E-state index in [1.165, 1.54) is 0 Å². The predicted molar refractivity (Wildman–Crippen MR) is 72.1 cm³/mol. The molecule has 0 spiro atoms. The minimum absolute atomic E-state index is 0.0939. The van der Waals surface area contributed by atoms with E-state index >= 15 is 0 Å². The Morgan fingerprint density at radius 3 is 2.89 bits per heavy atom. The molecule has 2 N–H and O–H groups in total. The number of hydrogen-bond acceptors (Lipinski definition) is 3. The Morgan fingerprint density at radius 1 is 1.50 bits per heavy atom. The fourth-order valence-corrected chi connectivity index (χ4v) is 1.59. The molecule has 0 saturated carbocycles. The molecule has 0 aliphatic heterocycles. The van der Waals surface area contributed by atoms with Gasteiger partial charge in [-0.15, -0.1) is 0 Å². The van der Waals surface area contributed by atoms with E-state index in [1.807, 2.05) is 38.1 Å². The molecule has 4 heteroatoms. The van der Waals surface area contributed by atoms with Crippen LogP contribution in [0.15, 0.2) is 24.3 Å². The van der Waals surface area contributed by atoms with Crippen LogP contribution in [0.5, 0.6) is 0 Å². The highest BCUT2D eigenvalue weighted by Crippen LogP contribution is 2.11. The van der Waals surface area contributed by atoms with E-state index in [2.05, 4.69) is 16.7 Å². The van der Waals surface area contributed by atoms with E-state index < -0.39 is 6.04 Å². The first-order valence-electron chi connectivity index (χ1n) is 6.15. The van der Waals surface area contributed by atoms with Crippen molar-refractivity contribution in [2.45, 2.75) is 32.7 Å². The molecular weight excluding hydrogens is 226 g/mol. The predicted octanol–water partition coefficient (Wildman–Crippen LogP) is 2.22. The summed E-state index contributed by atoms with van der Waals surface area (Å²) in [6.45, 7) is 4.63. The van der Waals surface area contributed by atoms with Gasteiger partial charge in [0.1, 0.15) is 6.04 Å². The SMILES string of the molecule is CCCNC(=O)CC(C#N)Nc1cccc(C)c1. The van der Waals surface area contributed by atoms with Crippen LogP contribution in [0.3, 0.4) is 0 Å². The van der Waals surface area contributed by atoms with Crippen LogP contribution < -0.4 is 10.6 Å². The fraction of sp³-hybridized carbons (Fsp3) is 0.429. The molecule has 1 aromatic carbocycles. The van der Waals surface area contributed by atoms with Crippen molar-refractivity contribution >= 4 is 11.6 Å². The van der Waals surface area contributed by atoms with E-state index in [1.54, 1.807) is 0 Å². The Bertz CT molecular complexity index is 437. The molecular formula is C14H19N3O. The molecule has 1 unspecified atom stereocenters. The number of benzene rings is 1. The van der Waals surface area contributed by atoms with Crippen molar-refractivity contribution in [1.82, 2.24) is 5.32 Å². The number of rotatable bonds is 6. The first kappa shape index (κ1) is 14.0. The maximum Gasteiger partial charge on any atom is 0.223 e. The lowest BCUT2D eigenvalue weighted by Crippen LogP contribution is -2.30. The summed E-state index contributed by atoms with van der Waals surface area (Å²) in [5, 5.41) is 14.9. The molecule has 18 heavy (non-hydrogen) atoms. The average molecular weight is 245 g/mol. The second-order valence-corrected chi connectivity index (χ2v) is 4.25. The zero-order valence-corrected chi connectivity index (χ0v) is 10.9. The summed E-state index contributed by atoms with van der Waals surface area (Å²) in [4.78, 5) is 11.5. The lowest BCUT2D eigenvalue weighted by molar-refractivity contribution is -0.121. The highest BCUT2D eigenvalue weighted by atomic mass is 16.1. The zero-order valence-electron chi connectivity index (χ0n) is 10.9. The summed E-state index contributed by atoms with van der Waals surface area (Å²) in [6.07, 6.45) is 1.07. The number of hydrogen-bond donors (Lipinski definition) is 2. The number of carbonyl (C=O) groups excluding carboxylic acids is 1. The van der Waals surface area contributed by atoms with E-state index in [4.69, 9.17) is 5.26 Å². The normalized spacial score (nSPS) is 11.4. The summed E-state index contributed by atoms with van der Waals surface area (Å²) < 4.78 is 0. The molecule has 96 valence electrons. The molecule has 0 heterocycles. The lowest BCUT2D eigenvalue weighted by Gasteiger charge is -2.13. The van der Waals surface area contributed by atoms with Crippen LogP contribution in [0.1, 0.15) is 25.3 Å². The number of anilines is 1. The lowest BCUT2D eigenvalue weighted by atomic mass is 10.1. The first-order chi connectivity index (χ1) is 8.65. The van der Waals surface area contributed by atoms with Gasteiger partial charge >= 0.3 is 0 Å².